The predicted octanol–water partition coefficient (Wildman–Crippen LogP) is 12.5. The van der Waals surface area contributed by atoms with Gasteiger partial charge >= 0.3 is 35.8 Å². The molecule has 450 valence electrons. The lowest BCUT2D eigenvalue weighted by atomic mass is 9.77. The van der Waals surface area contributed by atoms with E-state index in [1.165, 1.54) is 65.8 Å². The number of ether oxygens (including phenoxy) is 12. The average molecular weight is 1190 g/mol. The van der Waals surface area contributed by atoms with Gasteiger partial charge in [-0.3, -0.25) is 28.8 Å². The van der Waals surface area contributed by atoms with Crippen LogP contribution in [-0.4, -0.2) is 48.0 Å². The summed E-state index contributed by atoms with van der Waals surface area (Å²) in [5.41, 5.74) is 4.59. The van der Waals surface area contributed by atoms with E-state index in [-0.39, 0.29) is 95.3 Å². The SMILES string of the molecule is CC(=O)Oc1ccc(C2Oc3c(c(OC(C)=O)cc(OC(C)=O)c3C3c4c(OCc5ccccc5)cc(OCc5ccccc5)cc4OC(c4ccc(OCc5ccccc5)c(OCc5ccccc5)c4)C3OC(C)=O)CC2OC(C)=O)cc1OC(C)=O. The molecule has 0 N–H and O–H groups in total. The number of benzene rings is 8. The van der Waals surface area contributed by atoms with Crippen LogP contribution in [0.5, 0.6) is 57.5 Å². The minimum Gasteiger partial charge on any atom is -0.489 e. The molecule has 10 rings (SSSR count). The smallest absolute Gasteiger partial charge is 0.308 e. The molecule has 2 aliphatic heterocycles. The van der Waals surface area contributed by atoms with Gasteiger partial charge in [-0.15, -0.1) is 0 Å². The molecule has 5 atom stereocenters. The monoisotopic (exact) mass is 1190 g/mol. The third kappa shape index (κ3) is 14.9. The van der Waals surface area contributed by atoms with Crippen LogP contribution < -0.4 is 47.4 Å². The Morgan fingerprint density at radius 1 is 0.386 bits per heavy atom. The highest BCUT2D eigenvalue weighted by atomic mass is 16.6. The van der Waals surface area contributed by atoms with Crippen LogP contribution in [0.1, 0.15) is 110 Å². The number of esters is 6. The summed E-state index contributed by atoms with van der Waals surface area (Å²) in [5.74, 6) is -5.11. The van der Waals surface area contributed by atoms with Crippen molar-refractivity contribution in [2.24, 2.45) is 0 Å². The zero-order valence-electron chi connectivity index (χ0n) is 49.0. The summed E-state index contributed by atoms with van der Waals surface area (Å²) in [4.78, 5) is 79.0. The molecule has 0 aliphatic carbocycles. The summed E-state index contributed by atoms with van der Waals surface area (Å²) in [5, 5.41) is 0. The fraction of sp³-hybridized carbons (Fsp3) is 0.229. The molecule has 88 heavy (non-hydrogen) atoms. The Bertz CT molecular complexity index is 3850. The van der Waals surface area contributed by atoms with Crippen molar-refractivity contribution in [2.45, 2.75) is 105 Å². The molecular formula is C70H62O18. The van der Waals surface area contributed by atoms with E-state index in [9.17, 15) is 28.8 Å². The van der Waals surface area contributed by atoms with Crippen LogP contribution in [0.2, 0.25) is 0 Å². The molecule has 2 aliphatic rings. The minimum absolute atomic E-state index is 0.00724. The van der Waals surface area contributed by atoms with Gasteiger partial charge in [-0.1, -0.05) is 133 Å². The molecule has 0 amide bonds. The highest BCUT2D eigenvalue weighted by Gasteiger charge is 2.50. The second-order valence-electron chi connectivity index (χ2n) is 20.8. The van der Waals surface area contributed by atoms with Crippen molar-refractivity contribution in [3.63, 3.8) is 0 Å². The maximum atomic E-state index is 14.1. The lowest BCUT2D eigenvalue weighted by Crippen LogP contribution is -2.40. The molecule has 0 spiro atoms. The van der Waals surface area contributed by atoms with Crippen LogP contribution in [-0.2, 0) is 71.1 Å². The van der Waals surface area contributed by atoms with Crippen molar-refractivity contribution in [2.75, 3.05) is 0 Å². The van der Waals surface area contributed by atoms with Gasteiger partial charge in [-0.2, -0.15) is 0 Å². The summed E-state index contributed by atoms with van der Waals surface area (Å²) in [6.45, 7) is 7.64. The highest BCUT2D eigenvalue weighted by molar-refractivity contribution is 5.77. The Labute approximate surface area is 507 Å². The lowest BCUT2D eigenvalue weighted by molar-refractivity contribution is -0.154. The molecule has 8 aromatic rings. The molecule has 18 heteroatoms. The molecule has 0 bridgehead atoms. The average Bonchev–Trinajstić information content (AvgIpc) is 0.739. The van der Waals surface area contributed by atoms with Crippen molar-refractivity contribution >= 4 is 35.8 Å². The minimum atomic E-state index is -1.44. The quantitative estimate of drug-likeness (QED) is 0.0483. The molecule has 18 nitrogen and oxygen atoms in total. The molecule has 0 aromatic heterocycles. The first kappa shape index (κ1) is 60.5. The predicted molar refractivity (Wildman–Crippen MR) is 317 cm³/mol. The summed E-state index contributed by atoms with van der Waals surface area (Å²) in [6.07, 6.45) is -5.45. The van der Waals surface area contributed by atoms with Crippen molar-refractivity contribution < 1.29 is 85.6 Å². The summed E-state index contributed by atoms with van der Waals surface area (Å²) in [7, 11) is 0. The van der Waals surface area contributed by atoms with E-state index < -0.39 is 66.1 Å². The van der Waals surface area contributed by atoms with Crippen molar-refractivity contribution in [1.29, 1.82) is 0 Å². The second-order valence-corrected chi connectivity index (χ2v) is 20.8. The third-order valence-corrected chi connectivity index (χ3v) is 14.1. The molecular weight excluding hydrogens is 1130 g/mol. The summed E-state index contributed by atoms with van der Waals surface area (Å²) < 4.78 is 76.7. The number of hydrogen-bond donors (Lipinski definition) is 0. The fourth-order valence-electron chi connectivity index (χ4n) is 10.6. The van der Waals surface area contributed by atoms with Gasteiger partial charge in [0.15, 0.2) is 41.3 Å². The van der Waals surface area contributed by atoms with E-state index in [0.29, 0.717) is 22.8 Å². The Kier molecular flexibility index (Phi) is 19.0. The van der Waals surface area contributed by atoms with Gasteiger partial charge in [0.2, 0.25) is 0 Å². The van der Waals surface area contributed by atoms with Crippen molar-refractivity contribution in [3.8, 4) is 57.5 Å². The normalized spacial score (nSPS) is 16.3. The van der Waals surface area contributed by atoms with Crippen LogP contribution in [0, 0.1) is 0 Å². The first-order valence-electron chi connectivity index (χ1n) is 28.3. The molecule has 5 unspecified atom stereocenters. The molecule has 0 radical (unpaired) electrons. The standard InChI is InChI=1S/C70H62O18/c1-41(71)81-56-30-28-51(32-59(56)83-43(3)73)67-63(85-45(5)75)35-54-57(82-42(2)72)36-62(84-44(4)74)65(69(54)88-67)66-64-60(80-40-50-25-17-10-18-26-50)33-53(77-37-47-19-11-7-12-20-47)34-61(64)87-68(70(66)86-46(6)76)52-27-29-55(78-38-48-21-13-8-14-22-48)58(31-52)79-39-49-23-15-9-16-24-49/h7-34,36,63,66-68,70H,35,37-40H2,1-6H3. The fourth-order valence-corrected chi connectivity index (χ4v) is 10.6. The Morgan fingerprint density at radius 3 is 1.38 bits per heavy atom. The van der Waals surface area contributed by atoms with E-state index in [1.807, 2.05) is 121 Å². The summed E-state index contributed by atoms with van der Waals surface area (Å²) >= 11 is 0. The molecule has 0 fully saturated rings. The molecule has 2 heterocycles. The number of carbonyl (C=O) groups is 6. The van der Waals surface area contributed by atoms with Crippen molar-refractivity contribution in [3.05, 3.63) is 226 Å². The Hall–Kier alpha value is -10.6. The molecule has 8 aromatic carbocycles. The van der Waals surface area contributed by atoms with Crippen molar-refractivity contribution in [1.82, 2.24) is 0 Å². The van der Waals surface area contributed by atoms with Crippen LogP contribution >= 0.6 is 0 Å². The molecule has 0 saturated heterocycles. The van der Waals surface area contributed by atoms with Gasteiger partial charge in [0.1, 0.15) is 67.0 Å². The van der Waals surface area contributed by atoms with Crippen LogP contribution in [0.15, 0.2) is 176 Å². The van der Waals surface area contributed by atoms with Gasteiger partial charge in [0.25, 0.3) is 0 Å². The Balaban J connectivity index is 1.24. The number of rotatable bonds is 21. The van der Waals surface area contributed by atoms with E-state index in [1.54, 1.807) is 30.3 Å². The maximum absolute atomic E-state index is 14.1. The zero-order chi connectivity index (χ0) is 61.8. The van der Waals surface area contributed by atoms with Gasteiger partial charge in [0.05, 0.1) is 5.92 Å². The van der Waals surface area contributed by atoms with E-state index in [2.05, 4.69) is 0 Å². The largest absolute Gasteiger partial charge is 0.489 e. The van der Waals surface area contributed by atoms with E-state index in [0.717, 1.165) is 22.3 Å². The van der Waals surface area contributed by atoms with E-state index in [4.69, 9.17) is 56.8 Å². The molecule has 0 saturated carbocycles. The van der Waals surface area contributed by atoms with Gasteiger partial charge in [0, 0.05) is 94.0 Å². The van der Waals surface area contributed by atoms with Crippen LogP contribution in [0.25, 0.3) is 0 Å². The maximum Gasteiger partial charge on any atom is 0.308 e. The third-order valence-electron chi connectivity index (χ3n) is 14.1. The second kappa shape index (κ2) is 27.6. The topological polar surface area (TPSA) is 213 Å². The van der Waals surface area contributed by atoms with Crippen LogP contribution in [0.3, 0.4) is 0 Å². The first-order chi connectivity index (χ1) is 42.5. The summed E-state index contributed by atoms with van der Waals surface area (Å²) in [6, 6.07) is 52.4. The lowest BCUT2D eigenvalue weighted by Gasteiger charge is -2.42. The highest BCUT2D eigenvalue weighted by Crippen LogP contribution is 2.59. The van der Waals surface area contributed by atoms with E-state index >= 15 is 0 Å². The number of fused-ring (bicyclic) bond motifs is 2. The van der Waals surface area contributed by atoms with Gasteiger partial charge < -0.3 is 56.8 Å². The van der Waals surface area contributed by atoms with Gasteiger partial charge in [-0.25, -0.2) is 0 Å². The zero-order valence-corrected chi connectivity index (χ0v) is 49.0. The Morgan fingerprint density at radius 2 is 0.841 bits per heavy atom. The number of carbonyl (C=O) groups excluding carboxylic acids is 6. The first-order valence-corrected chi connectivity index (χ1v) is 28.3. The van der Waals surface area contributed by atoms with Crippen LogP contribution in [0.4, 0.5) is 0 Å². The number of hydrogen-bond acceptors (Lipinski definition) is 18. The van der Waals surface area contributed by atoms with Gasteiger partial charge in [-0.05, 0) is 46.5 Å².